The first-order valence-electron chi connectivity index (χ1n) is 6.02. The molecule has 0 aromatic heterocycles. The molecule has 2 rings (SSSR count). The number of likely N-dealkylation sites (tertiary alicyclic amines) is 1. The zero-order valence-corrected chi connectivity index (χ0v) is 9.80. The molecule has 92 valence electrons. The molecule has 1 fully saturated rings. The highest BCUT2D eigenvalue weighted by Crippen LogP contribution is 2.14. The first-order valence-corrected chi connectivity index (χ1v) is 6.02. The van der Waals surface area contributed by atoms with Crippen molar-refractivity contribution >= 4 is 6.03 Å². The fourth-order valence-electron chi connectivity index (χ4n) is 2.08. The fraction of sp³-hybridized carbons (Fsp3) is 0.462. The van der Waals surface area contributed by atoms with Crippen LogP contribution >= 0.6 is 0 Å². The third kappa shape index (κ3) is 2.97. The molecule has 2 N–H and O–H groups in total. The van der Waals surface area contributed by atoms with Crippen LogP contribution in [0.25, 0.3) is 0 Å². The molecule has 0 spiro atoms. The van der Waals surface area contributed by atoms with Crippen molar-refractivity contribution in [1.29, 1.82) is 0 Å². The number of carbonyl (C=O) groups is 1. The number of nitrogens with zero attached hydrogens (tertiary/aromatic N) is 1. The van der Waals surface area contributed by atoms with E-state index >= 15 is 0 Å². The number of urea groups is 1. The number of aliphatic hydroxyl groups is 1. The number of carbonyl (C=O) groups excluding carboxylic acids is 1. The second-order valence-corrected chi connectivity index (χ2v) is 4.29. The van der Waals surface area contributed by atoms with Crippen LogP contribution < -0.4 is 5.32 Å². The van der Waals surface area contributed by atoms with Crippen molar-refractivity contribution in [2.75, 3.05) is 19.7 Å². The molecule has 4 heteroatoms. The van der Waals surface area contributed by atoms with Crippen LogP contribution in [-0.2, 0) is 0 Å². The minimum atomic E-state index is -0.315. The minimum Gasteiger partial charge on any atom is -0.394 e. The van der Waals surface area contributed by atoms with Gasteiger partial charge in [0, 0.05) is 13.1 Å². The molecule has 1 atom stereocenters. The maximum Gasteiger partial charge on any atom is 0.317 e. The predicted molar refractivity (Wildman–Crippen MR) is 65.6 cm³/mol. The molecule has 1 aromatic rings. The van der Waals surface area contributed by atoms with Crippen molar-refractivity contribution in [3.8, 4) is 0 Å². The molecule has 1 heterocycles. The standard InChI is InChI=1S/C13H18N2O2/c16-10-12(11-6-2-1-3-7-11)14-13(17)15-8-4-5-9-15/h1-3,6-7,12,16H,4-5,8-10H2,(H,14,17). The van der Waals surface area contributed by atoms with Gasteiger partial charge >= 0.3 is 6.03 Å². The highest BCUT2D eigenvalue weighted by atomic mass is 16.3. The lowest BCUT2D eigenvalue weighted by atomic mass is 10.1. The van der Waals surface area contributed by atoms with Gasteiger partial charge in [0.05, 0.1) is 12.6 Å². The molecule has 2 amide bonds. The normalized spacial score (nSPS) is 16.9. The Morgan fingerprint density at radius 1 is 1.29 bits per heavy atom. The van der Waals surface area contributed by atoms with Gasteiger partial charge in [0.15, 0.2) is 0 Å². The van der Waals surface area contributed by atoms with E-state index in [1.807, 2.05) is 30.3 Å². The quantitative estimate of drug-likeness (QED) is 0.833. The van der Waals surface area contributed by atoms with Crippen LogP contribution in [-0.4, -0.2) is 35.7 Å². The van der Waals surface area contributed by atoms with Crippen LogP contribution in [0.15, 0.2) is 30.3 Å². The van der Waals surface area contributed by atoms with Gasteiger partial charge in [0.1, 0.15) is 0 Å². The summed E-state index contributed by atoms with van der Waals surface area (Å²) in [6.07, 6.45) is 2.14. The van der Waals surface area contributed by atoms with E-state index in [0.29, 0.717) is 0 Å². The van der Waals surface area contributed by atoms with E-state index < -0.39 is 0 Å². The Hall–Kier alpha value is -1.55. The Morgan fingerprint density at radius 3 is 2.53 bits per heavy atom. The van der Waals surface area contributed by atoms with Gasteiger partial charge in [-0.2, -0.15) is 0 Å². The first kappa shape index (κ1) is 11.9. The maximum absolute atomic E-state index is 11.9. The number of hydrogen-bond acceptors (Lipinski definition) is 2. The van der Waals surface area contributed by atoms with Gasteiger partial charge in [-0.05, 0) is 18.4 Å². The average molecular weight is 234 g/mol. The van der Waals surface area contributed by atoms with Gasteiger partial charge in [0.2, 0.25) is 0 Å². The molecule has 0 saturated carbocycles. The van der Waals surface area contributed by atoms with E-state index in [-0.39, 0.29) is 18.7 Å². The lowest BCUT2D eigenvalue weighted by Crippen LogP contribution is -2.41. The SMILES string of the molecule is O=C(NC(CO)c1ccccc1)N1CCCC1. The molecule has 17 heavy (non-hydrogen) atoms. The summed E-state index contributed by atoms with van der Waals surface area (Å²) in [5.41, 5.74) is 0.933. The monoisotopic (exact) mass is 234 g/mol. The minimum absolute atomic E-state index is 0.0783. The van der Waals surface area contributed by atoms with Crippen LogP contribution in [0, 0.1) is 0 Å². The van der Waals surface area contributed by atoms with Crippen molar-refractivity contribution in [3.05, 3.63) is 35.9 Å². The third-order valence-electron chi connectivity index (χ3n) is 3.08. The van der Waals surface area contributed by atoms with Crippen LogP contribution in [0.1, 0.15) is 24.4 Å². The molecule has 0 radical (unpaired) electrons. The lowest BCUT2D eigenvalue weighted by molar-refractivity contribution is 0.191. The summed E-state index contributed by atoms with van der Waals surface area (Å²) in [6.45, 7) is 1.56. The molecule has 4 nitrogen and oxygen atoms in total. The molecule has 1 unspecified atom stereocenters. The Morgan fingerprint density at radius 2 is 1.94 bits per heavy atom. The summed E-state index contributed by atoms with van der Waals surface area (Å²) < 4.78 is 0. The Labute approximate surface area is 101 Å². The van der Waals surface area contributed by atoms with Crippen molar-refractivity contribution in [2.24, 2.45) is 0 Å². The van der Waals surface area contributed by atoms with Gasteiger partial charge in [-0.3, -0.25) is 0 Å². The average Bonchev–Trinajstić information content (AvgIpc) is 2.90. The smallest absolute Gasteiger partial charge is 0.317 e. The lowest BCUT2D eigenvalue weighted by Gasteiger charge is -2.22. The maximum atomic E-state index is 11.9. The largest absolute Gasteiger partial charge is 0.394 e. The second kappa shape index (κ2) is 5.68. The summed E-state index contributed by atoms with van der Waals surface area (Å²) in [5.74, 6) is 0. The number of aliphatic hydroxyl groups excluding tert-OH is 1. The number of nitrogens with one attached hydrogen (secondary N) is 1. The molecule has 0 bridgehead atoms. The summed E-state index contributed by atoms with van der Waals surface area (Å²) in [4.78, 5) is 13.7. The van der Waals surface area contributed by atoms with E-state index in [1.165, 1.54) is 0 Å². The second-order valence-electron chi connectivity index (χ2n) is 4.29. The van der Waals surface area contributed by atoms with Crippen molar-refractivity contribution < 1.29 is 9.90 Å². The van der Waals surface area contributed by atoms with E-state index in [4.69, 9.17) is 0 Å². The summed E-state index contributed by atoms with van der Waals surface area (Å²) in [7, 11) is 0. The predicted octanol–water partition coefficient (Wildman–Crippen LogP) is 1.53. The third-order valence-corrected chi connectivity index (χ3v) is 3.08. The zero-order valence-electron chi connectivity index (χ0n) is 9.80. The zero-order chi connectivity index (χ0) is 12.1. The number of benzene rings is 1. The van der Waals surface area contributed by atoms with Gasteiger partial charge in [-0.1, -0.05) is 30.3 Å². The molecule has 1 aliphatic rings. The Bertz CT molecular complexity index is 361. The van der Waals surface area contributed by atoms with Crippen LogP contribution in [0.5, 0.6) is 0 Å². The number of rotatable bonds is 3. The molecular formula is C13H18N2O2. The summed E-state index contributed by atoms with van der Waals surface area (Å²) >= 11 is 0. The Balaban J connectivity index is 1.97. The molecule has 1 saturated heterocycles. The summed E-state index contributed by atoms with van der Waals surface area (Å²) in [6, 6.07) is 9.14. The van der Waals surface area contributed by atoms with E-state index in [0.717, 1.165) is 31.5 Å². The van der Waals surface area contributed by atoms with E-state index in [9.17, 15) is 9.90 Å². The van der Waals surface area contributed by atoms with Crippen molar-refractivity contribution in [1.82, 2.24) is 10.2 Å². The highest BCUT2D eigenvalue weighted by molar-refractivity contribution is 5.75. The summed E-state index contributed by atoms with van der Waals surface area (Å²) in [5, 5.41) is 12.2. The van der Waals surface area contributed by atoms with Crippen molar-refractivity contribution in [3.63, 3.8) is 0 Å². The van der Waals surface area contributed by atoms with Gasteiger partial charge < -0.3 is 15.3 Å². The topological polar surface area (TPSA) is 52.6 Å². The van der Waals surface area contributed by atoms with E-state index in [2.05, 4.69) is 5.32 Å². The molecular weight excluding hydrogens is 216 g/mol. The molecule has 1 aliphatic heterocycles. The highest BCUT2D eigenvalue weighted by Gasteiger charge is 2.21. The van der Waals surface area contributed by atoms with Crippen molar-refractivity contribution in [2.45, 2.75) is 18.9 Å². The van der Waals surface area contributed by atoms with Crippen LogP contribution in [0.3, 0.4) is 0 Å². The van der Waals surface area contributed by atoms with Crippen LogP contribution in [0.2, 0.25) is 0 Å². The first-order chi connectivity index (χ1) is 8.31. The van der Waals surface area contributed by atoms with E-state index in [1.54, 1.807) is 4.90 Å². The fourth-order valence-corrected chi connectivity index (χ4v) is 2.08. The molecule has 0 aliphatic carbocycles. The van der Waals surface area contributed by atoms with Crippen LogP contribution in [0.4, 0.5) is 4.79 Å². The number of hydrogen-bond donors (Lipinski definition) is 2. The molecule has 1 aromatic carbocycles. The number of amides is 2. The Kier molecular flexibility index (Phi) is 3.98. The van der Waals surface area contributed by atoms with Gasteiger partial charge in [0.25, 0.3) is 0 Å². The van der Waals surface area contributed by atoms with Gasteiger partial charge in [-0.25, -0.2) is 4.79 Å². The van der Waals surface area contributed by atoms with Gasteiger partial charge in [-0.15, -0.1) is 0 Å².